The topological polar surface area (TPSA) is 110 Å². The summed E-state index contributed by atoms with van der Waals surface area (Å²) in [5.41, 5.74) is 2.84. The van der Waals surface area contributed by atoms with Crippen molar-refractivity contribution in [3.8, 4) is 0 Å². The summed E-state index contributed by atoms with van der Waals surface area (Å²) in [6.45, 7) is 4.40. The molecule has 0 saturated heterocycles. The Bertz CT molecular complexity index is 1410. The maximum atomic E-state index is 12.9. The van der Waals surface area contributed by atoms with Gasteiger partial charge in [-0.3, -0.25) is 10.1 Å². The van der Waals surface area contributed by atoms with Gasteiger partial charge in [0.05, 0.1) is 10.4 Å². The zero-order valence-electron chi connectivity index (χ0n) is 18.8. The molecule has 9 nitrogen and oxygen atoms in total. The first-order chi connectivity index (χ1) is 15.8. The number of sulfonamides is 1. The lowest BCUT2D eigenvalue weighted by Crippen LogP contribution is -2.30. The van der Waals surface area contributed by atoms with Crippen LogP contribution >= 0.6 is 0 Å². The largest absolute Gasteiger partial charge is 0.327 e. The van der Waals surface area contributed by atoms with Crippen LogP contribution < -0.4 is 5.32 Å². The van der Waals surface area contributed by atoms with Crippen LogP contribution in [-0.2, 0) is 28.3 Å². The lowest BCUT2D eigenvalue weighted by molar-refractivity contribution is -0.116. The maximum absolute atomic E-state index is 12.9. The Morgan fingerprint density at radius 2 is 1.79 bits per heavy atom. The predicted octanol–water partition coefficient (Wildman–Crippen LogP) is 3.12. The molecule has 2 aromatic heterocycles. The standard InChI is InChI=1S/C23H26N6O3S/c1-4-29(5-2)33(31,32)17-12-13-19-18(15-17)21-22(28(19)3)25-23(27-26-21)24-20(30)14-11-16-9-7-6-8-10-16/h6-10,12-13,15H,4-5,11,14H2,1-3H3,(H,24,25,27,30). The Labute approximate surface area is 192 Å². The highest BCUT2D eigenvalue weighted by molar-refractivity contribution is 7.89. The second-order valence-electron chi connectivity index (χ2n) is 7.67. The number of hydrogen-bond acceptors (Lipinski definition) is 6. The molecule has 0 bridgehead atoms. The van der Waals surface area contributed by atoms with Gasteiger partial charge in [0, 0.05) is 31.9 Å². The maximum Gasteiger partial charge on any atom is 0.251 e. The minimum atomic E-state index is -3.61. The highest BCUT2D eigenvalue weighted by Crippen LogP contribution is 2.29. The number of hydrogen-bond donors (Lipinski definition) is 1. The molecule has 0 aliphatic heterocycles. The van der Waals surface area contributed by atoms with Crippen LogP contribution in [0.25, 0.3) is 22.1 Å². The van der Waals surface area contributed by atoms with Crippen molar-refractivity contribution in [3.63, 3.8) is 0 Å². The zero-order chi connectivity index (χ0) is 23.6. The van der Waals surface area contributed by atoms with Gasteiger partial charge in [0.15, 0.2) is 5.65 Å². The number of aryl methyl sites for hydroxylation is 2. The highest BCUT2D eigenvalue weighted by Gasteiger charge is 2.23. The van der Waals surface area contributed by atoms with E-state index in [0.717, 1.165) is 11.1 Å². The normalized spacial score (nSPS) is 12.0. The van der Waals surface area contributed by atoms with Crippen molar-refractivity contribution in [3.05, 3.63) is 54.1 Å². The van der Waals surface area contributed by atoms with E-state index in [0.29, 0.717) is 42.5 Å². The first kappa shape index (κ1) is 22.8. The van der Waals surface area contributed by atoms with Crippen LogP contribution in [0.2, 0.25) is 0 Å². The zero-order valence-corrected chi connectivity index (χ0v) is 19.6. The third-order valence-electron chi connectivity index (χ3n) is 5.65. The molecule has 2 heterocycles. The molecule has 0 unspecified atom stereocenters. The van der Waals surface area contributed by atoms with E-state index in [2.05, 4.69) is 20.5 Å². The van der Waals surface area contributed by atoms with E-state index in [1.165, 1.54) is 4.31 Å². The first-order valence-corrected chi connectivity index (χ1v) is 12.3. The van der Waals surface area contributed by atoms with Crippen molar-refractivity contribution in [1.82, 2.24) is 24.1 Å². The molecular weight excluding hydrogens is 440 g/mol. The monoisotopic (exact) mass is 466 g/mol. The Kier molecular flexibility index (Phi) is 6.39. The van der Waals surface area contributed by atoms with Crippen LogP contribution in [0.15, 0.2) is 53.4 Å². The van der Waals surface area contributed by atoms with Gasteiger partial charge in [-0.15, -0.1) is 10.2 Å². The van der Waals surface area contributed by atoms with E-state index < -0.39 is 10.0 Å². The third-order valence-corrected chi connectivity index (χ3v) is 7.69. The fraction of sp³-hybridized carbons (Fsp3) is 0.304. The Balaban J connectivity index is 1.62. The van der Waals surface area contributed by atoms with Gasteiger partial charge < -0.3 is 4.57 Å². The van der Waals surface area contributed by atoms with Gasteiger partial charge in [-0.05, 0) is 30.2 Å². The average molecular weight is 467 g/mol. The quantitative estimate of drug-likeness (QED) is 0.427. The molecule has 0 atom stereocenters. The van der Waals surface area contributed by atoms with Crippen molar-refractivity contribution in [2.75, 3.05) is 18.4 Å². The first-order valence-electron chi connectivity index (χ1n) is 10.8. The van der Waals surface area contributed by atoms with Crippen LogP contribution in [0.3, 0.4) is 0 Å². The summed E-state index contributed by atoms with van der Waals surface area (Å²) in [6.07, 6.45) is 0.910. The number of nitrogens with one attached hydrogen (secondary N) is 1. The van der Waals surface area contributed by atoms with Crippen LogP contribution in [-0.4, -0.2) is 51.5 Å². The molecule has 0 spiro atoms. The summed E-state index contributed by atoms with van der Waals surface area (Å²) < 4.78 is 29.1. The van der Waals surface area contributed by atoms with Gasteiger partial charge in [-0.25, -0.2) is 8.42 Å². The van der Waals surface area contributed by atoms with Crippen LogP contribution in [0, 0.1) is 0 Å². The lowest BCUT2D eigenvalue weighted by Gasteiger charge is -2.18. The fourth-order valence-corrected chi connectivity index (χ4v) is 5.34. The van der Waals surface area contributed by atoms with Gasteiger partial charge in [-0.1, -0.05) is 44.2 Å². The summed E-state index contributed by atoms with van der Waals surface area (Å²) in [7, 11) is -1.79. The number of rotatable bonds is 8. The summed E-state index contributed by atoms with van der Waals surface area (Å²) in [6, 6.07) is 14.7. The number of amides is 1. The molecule has 0 aliphatic rings. The van der Waals surface area contributed by atoms with E-state index in [4.69, 9.17) is 0 Å². The molecule has 0 fully saturated rings. The van der Waals surface area contributed by atoms with Crippen molar-refractivity contribution >= 4 is 43.9 Å². The van der Waals surface area contributed by atoms with E-state index in [9.17, 15) is 13.2 Å². The second-order valence-corrected chi connectivity index (χ2v) is 9.61. The summed E-state index contributed by atoms with van der Waals surface area (Å²) in [5.74, 6) is -0.0891. The van der Waals surface area contributed by atoms with Crippen molar-refractivity contribution in [1.29, 1.82) is 0 Å². The van der Waals surface area contributed by atoms with Gasteiger partial charge in [-0.2, -0.15) is 9.29 Å². The predicted molar refractivity (Wildman–Crippen MR) is 127 cm³/mol. The molecule has 0 saturated carbocycles. The minimum Gasteiger partial charge on any atom is -0.327 e. The molecular formula is C23H26N6O3S. The molecule has 1 N–H and O–H groups in total. The number of aromatic nitrogens is 4. The van der Waals surface area contributed by atoms with Crippen LogP contribution in [0.4, 0.5) is 5.95 Å². The van der Waals surface area contributed by atoms with Crippen LogP contribution in [0.1, 0.15) is 25.8 Å². The SMILES string of the molecule is CCN(CC)S(=O)(=O)c1ccc2c(c1)c1nnc(NC(=O)CCc3ccccc3)nc1n2C. The van der Waals surface area contributed by atoms with Gasteiger partial charge in [0.2, 0.25) is 15.9 Å². The summed E-state index contributed by atoms with van der Waals surface area (Å²) in [5, 5.41) is 11.7. The molecule has 2 aromatic carbocycles. The van der Waals surface area contributed by atoms with Gasteiger partial charge in [0.25, 0.3) is 5.95 Å². The van der Waals surface area contributed by atoms with Gasteiger partial charge in [0.1, 0.15) is 5.52 Å². The van der Waals surface area contributed by atoms with Crippen molar-refractivity contribution in [2.24, 2.45) is 7.05 Å². The van der Waals surface area contributed by atoms with Gasteiger partial charge >= 0.3 is 0 Å². The molecule has 172 valence electrons. The third kappa shape index (κ3) is 4.44. The summed E-state index contributed by atoms with van der Waals surface area (Å²) in [4.78, 5) is 17.0. The number of anilines is 1. The average Bonchev–Trinajstić information content (AvgIpc) is 3.10. The molecule has 0 radical (unpaired) electrons. The highest BCUT2D eigenvalue weighted by atomic mass is 32.2. The molecule has 0 aliphatic carbocycles. The van der Waals surface area contributed by atoms with E-state index >= 15 is 0 Å². The Morgan fingerprint density at radius 3 is 2.48 bits per heavy atom. The van der Waals surface area contributed by atoms with E-state index in [1.807, 2.05) is 55.8 Å². The molecule has 33 heavy (non-hydrogen) atoms. The van der Waals surface area contributed by atoms with Crippen LogP contribution in [0.5, 0.6) is 0 Å². The Hall–Kier alpha value is -3.37. The fourth-order valence-electron chi connectivity index (χ4n) is 3.85. The molecule has 4 rings (SSSR count). The second kappa shape index (κ2) is 9.24. The number of carbonyl (C=O) groups is 1. The number of carbonyl (C=O) groups excluding carboxylic acids is 1. The minimum absolute atomic E-state index is 0.113. The molecule has 10 heteroatoms. The summed E-state index contributed by atoms with van der Waals surface area (Å²) >= 11 is 0. The van der Waals surface area contributed by atoms with E-state index in [-0.39, 0.29) is 16.8 Å². The van der Waals surface area contributed by atoms with Crippen molar-refractivity contribution < 1.29 is 13.2 Å². The molecule has 4 aromatic rings. The lowest BCUT2D eigenvalue weighted by atomic mass is 10.1. The van der Waals surface area contributed by atoms with E-state index in [1.54, 1.807) is 18.2 Å². The van der Waals surface area contributed by atoms with Crippen molar-refractivity contribution in [2.45, 2.75) is 31.6 Å². The number of benzene rings is 2. The number of nitrogens with zero attached hydrogens (tertiary/aromatic N) is 5. The molecule has 1 amide bonds. The Morgan fingerprint density at radius 1 is 1.06 bits per heavy atom. The smallest absolute Gasteiger partial charge is 0.251 e. The number of fused-ring (bicyclic) bond motifs is 3.